The van der Waals surface area contributed by atoms with Gasteiger partial charge in [0.05, 0.1) is 17.5 Å². The first-order valence-electron chi connectivity index (χ1n) is 12.9. The Morgan fingerprint density at radius 3 is 2.44 bits per heavy atom. The van der Waals surface area contributed by atoms with E-state index < -0.39 is 40.8 Å². The first kappa shape index (κ1) is 28.0. The third-order valence-corrected chi connectivity index (χ3v) is 7.83. The molecule has 2 heterocycles. The molecule has 3 aromatic rings. The molecule has 41 heavy (non-hydrogen) atoms. The topological polar surface area (TPSA) is 150 Å². The number of nitrogens with one attached hydrogen (secondary N) is 1. The van der Waals surface area contributed by atoms with Crippen LogP contribution in [-0.2, 0) is 16.0 Å². The Bertz CT molecular complexity index is 1540. The fourth-order valence-corrected chi connectivity index (χ4v) is 5.80. The number of nitro benzene ring substituents is 1. The third kappa shape index (κ3) is 5.82. The van der Waals surface area contributed by atoms with E-state index in [2.05, 4.69) is 21.2 Å². The van der Waals surface area contributed by atoms with Gasteiger partial charge in [-0.2, -0.15) is 0 Å². The van der Waals surface area contributed by atoms with Crippen molar-refractivity contribution in [2.24, 2.45) is 0 Å². The van der Waals surface area contributed by atoms with Crippen molar-refractivity contribution in [3.63, 3.8) is 0 Å². The van der Waals surface area contributed by atoms with Crippen LogP contribution in [0.5, 0.6) is 5.75 Å². The Balaban J connectivity index is 1.38. The van der Waals surface area contributed by atoms with Gasteiger partial charge in [0.25, 0.3) is 17.5 Å². The summed E-state index contributed by atoms with van der Waals surface area (Å²) in [6.07, 6.45) is 0.450. The van der Waals surface area contributed by atoms with Crippen molar-refractivity contribution in [2.45, 2.75) is 31.0 Å². The minimum Gasteiger partial charge on any atom is -0.508 e. The number of halogens is 1. The van der Waals surface area contributed by atoms with Crippen molar-refractivity contribution in [1.82, 2.24) is 15.1 Å². The molecule has 2 aliphatic heterocycles. The van der Waals surface area contributed by atoms with Crippen LogP contribution in [0, 0.1) is 10.1 Å². The maximum absolute atomic E-state index is 13.9. The van der Waals surface area contributed by atoms with Crippen LogP contribution in [-0.4, -0.2) is 74.5 Å². The van der Waals surface area contributed by atoms with Gasteiger partial charge in [-0.1, -0.05) is 40.2 Å². The van der Waals surface area contributed by atoms with Gasteiger partial charge >= 0.3 is 0 Å². The first-order chi connectivity index (χ1) is 19.6. The van der Waals surface area contributed by atoms with Gasteiger partial charge < -0.3 is 20.2 Å². The lowest BCUT2D eigenvalue weighted by Gasteiger charge is -2.28. The number of phenols is 1. The Labute approximate surface area is 243 Å². The van der Waals surface area contributed by atoms with E-state index in [9.17, 15) is 34.4 Å². The van der Waals surface area contributed by atoms with Crippen molar-refractivity contribution in [3.05, 3.63) is 104 Å². The van der Waals surface area contributed by atoms with Crippen molar-refractivity contribution >= 4 is 45.1 Å². The van der Waals surface area contributed by atoms with E-state index in [0.29, 0.717) is 22.0 Å². The summed E-state index contributed by atoms with van der Waals surface area (Å²) in [5.74, 6) is -1.72. The Kier molecular flexibility index (Phi) is 7.84. The molecule has 0 unspecified atom stereocenters. The summed E-state index contributed by atoms with van der Waals surface area (Å²) in [6, 6.07) is 15.8. The Morgan fingerprint density at radius 2 is 1.73 bits per heavy atom. The highest BCUT2D eigenvalue weighted by molar-refractivity contribution is 9.10. The van der Waals surface area contributed by atoms with Gasteiger partial charge in [-0.15, -0.1) is 0 Å². The number of likely N-dealkylation sites (tertiary alicyclic amines) is 2. The molecule has 12 heteroatoms. The van der Waals surface area contributed by atoms with Gasteiger partial charge in [0, 0.05) is 40.7 Å². The minimum atomic E-state index is -1.03. The first-order valence-corrected chi connectivity index (χ1v) is 13.6. The molecule has 2 N–H and O–H groups in total. The number of Topliss-reactive ketones (excluding diaryl/α,β-unsaturated/α-hetero) is 1. The Hall–Kier alpha value is -4.58. The number of rotatable bonds is 7. The van der Waals surface area contributed by atoms with Gasteiger partial charge in [-0.25, -0.2) is 0 Å². The van der Waals surface area contributed by atoms with Gasteiger partial charge in [-0.3, -0.25) is 29.3 Å². The maximum atomic E-state index is 13.9. The summed E-state index contributed by atoms with van der Waals surface area (Å²) in [5.41, 5.74) is 0.878. The van der Waals surface area contributed by atoms with Crippen molar-refractivity contribution in [3.8, 4) is 5.75 Å². The summed E-state index contributed by atoms with van der Waals surface area (Å²) in [4.78, 5) is 66.9. The lowest BCUT2D eigenvalue weighted by atomic mass is 10.0. The number of amides is 3. The van der Waals surface area contributed by atoms with E-state index in [1.807, 2.05) is 0 Å². The summed E-state index contributed by atoms with van der Waals surface area (Å²) < 4.78 is 0.694. The number of hydrogen-bond donors (Lipinski definition) is 2. The number of fused-ring (bicyclic) bond motifs is 1. The van der Waals surface area contributed by atoms with Crippen LogP contribution in [0.2, 0.25) is 0 Å². The molecule has 0 aliphatic carbocycles. The monoisotopic (exact) mass is 620 g/mol. The largest absolute Gasteiger partial charge is 0.508 e. The third-order valence-electron chi connectivity index (χ3n) is 7.34. The normalized spacial score (nSPS) is 18.6. The molecule has 210 valence electrons. The van der Waals surface area contributed by atoms with Crippen LogP contribution in [0.1, 0.15) is 32.7 Å². The molecule has 3 atom stereocenters. The molecule has 3 aromatic carbocycles. The number of phenolic OH excluding ortho intramolecular Hbond substituents is 1. The fourth-order valence-electron chi connectivity index (χ4n) is 5.40. The van der Waals surface area contributed by atoms with E-state index >= 15 is 0 Å². The smallest absolute Gasteiger partial charge is 0.270 e. The molecular formula is C29H25BrN4O7. The number of benzene rings is 3. The average Bonchev–Trinajstić information content (AvgIpc) is 3.54. The quantitative estimate of drug-likeness (QED) is 0.304. The molecule has 2 saturated heterocycles. The lowest BCUT2D eigenvalue weighted by molar-refractivity contribution is -0.384. The number of carbonyl (C=O) groups is 4. The van der Waals surface area contributed by atoms with Crippen molar-refractivity contribution in [1.29, 1.82) is 0 Å². The molecule has 0 spiro atoms. The zero-order valence-electron chi connectivity index (χ0n) is 21.6. The zero-order valence-corrected chi connectivity index (χ0v) is 23.2. The van der Waals surface area contributed by atoms with E-state index in [-0.39, 0.29) is 42.3 Å². The highest BCUT2D eigenvalue weighted by Gasteiger charge is 2.52. The second-order valence-corrected chi connectivity index (χ2v) is 10.9. The van der Waals surface area contributed by atoms with Crippen molar-refractivity contribution < 1.29 is 29.2 Å². The second kappa shape index (κ2) is 11.5. The molecule has 5 rings (SSSR count). The van der Waals surface area contributed by atoms with Crippen LogP contribution in [0.4, 0.5) is 5.69 Å². The second-order valence-electron chi connectivity index (χ2n) is 9.95. The number of carbonyl (C=O) groups excluding carboxylic acids is 4. The van der Waals surface area contributed by atoms with Crippen LogP contribution in [0.25, 0.3) is 0 Å². The molecule has 3 amide bonds. The maximum Gasteiger partial charge on any atom is 0.270 e. The van der Waals surface area contributed by atoms with Crippen LogP contribution in [0.3, 0.4) is 0 Å². The van der Waals surface area contributed by atoms with Gasteiger partial charge in [0.15, 0.2) is 5.78 Å². The average molecular weight is 621 g/mol. The number of ketones is 1. The molecular weight excluding hydrogens is 596 g/mol. The highest BCUT2D eigenvalue weighted by atomic mass is 79.9. The minimum absolute atomic E-state index is 0.0576. The van der Waals surface area contributed by atoms with Crippen LogP contribution >= 0.6 is 15.9 Å². The molecule has 0 radical (unpaired) electrons. The van der Waals surface area contributed by atoms with E-state index in [1.54, 1.807) is 36.4 Å². The lowest BCUT2D eigenvalue weighted by Crippen LogP contribution is -2.53. The summed E-state index contributed by atoms with van der Waals surface area (Å²) in [6.45, 7) is -0.0366. The standard InChI is InChI=1S/C29H25BrN4O7/c30-20-5-1-3-18(14-20)27(37)31-23(13-17-7-9-22(35)10-8-17)29(39)32-12-11-24-26(32)25(36)16-33(24)28(38)19-4-2-6-21(15-19)34(40)41/h1-10,14-15,23-24,26,35H,11-13,16H2,(H,31,37)/t23-,24+,26-/m0/s1. The molecule has 2 fully saturated rings. The number of hydrogen-bond acceptors (Lipinski definition) is 7. The highest BCUT2D eigenvalue weighted by Crippen LogP contribution is 2.32. The predicted molar refractivity (Wildman–Crippen MR) is 150 cm³/mol. The fraction of sp³-hybridized carbons (Fsp3) is 0.241. The summed E-state index contributed by atoms with van der Waals surface area (Å²) >= 11 is 3.34. The molecule has 2 aliphatic rings. The van der Waals surface area contributed by atoms with Gasteiger partial charge in [0.2, 0.25) is 5.91 Å². The molecule has 0 aromatic heterocycles. The van der Waals surface area contributed by atoms with Crippen LogP contribution in [0.15, 0.2) is 77.3 Å². The molecule has 11 nitrogen and oxygen atoms in total. The van der Waals surface area contributed by atoms with E-state index in [4.69, 9.17) is 0 Å². The SMILES string of the molecule is O=C(N[C@@H](Cc1ccc(O)cc1)C(=O)N1CC[C@@H]2[C@H]1C(=O)CN2C(=O)c1cccc([N+](=O)[O-])c1)c1cccc(Br)c1. The number of nitro groups is 1. The molecule has 0 bridgehead atoms. The molecule has 0 saturated carbocycles. The van der Waals surface area contributed by atoms with Gasteiger partial charge in [-0.05, 0) is 48.4 Å². The van der Waals surface area contributed by atoms with Gasteiger partial charge in [0.1, 0.15) is 17.8 Å². The van der Waals surface area contributed by atoms with Crippen LogP contribution < -0.4 is 5.32 Å². The zero-order chi connectivity index (χ0) is 29.3. The van der Waals surface area contributed by atoms with E-state index in [1.165, 1.54) is 46.2 Å². The number of non-ortho nitro benzene ring substituents is 1. The van der Waals surface area contributed by atoms with Crippen molar-refractivity contribution in [2.75, 3.05) is 13.1 Å². The predicted octanol–water partition coefficient (Wildman–Crippen LogP) is 3.10. The Morgan fingerprint density at radius 1 is 1.02 bits per heavy atom. The summed E-state index contributed by atoms with van der Waals surface area (Å²) in [5, 5.41) is 23.7. The van der Waals surface area contributed by atoms with E-state index in [0.717, 1.165) is 0 Å². The number of aromatic hydroxyl groups is 1. The summed E-state index contributed by atoms with van der Waals surface area (Å²) in [7, 11) is 0. The number of nitrogens with zero attached hydrogens (tertiary/aromatic N) is 3.